The molecule has 2 amide bonds. The van der Waals surface area contributed by atoms with Crippen LogP contribution >= 0.6 is 0 Å². The number of hydrogen-bond donors (Lipinski definition) is 1. The van der Waals surface area contributed by atoms with Gasteiger partial charge in [0, 0.05) is 45.0 Å². The third-order valence-electron chi connectivity index (χ3n) is 5.44. The molecule has 7 heteroatoms. The zero-order valence-corrected chi connectivity index (χ0v) is 16.0. The fourth-order valence-corrected chi connectivity index (χ4v) is 3.62. The van der Waals surface area contributed by atoms with Crippen LogP contribution in [0.1, 0.15) is 19.8 Å². The maximum absolute atomic E-state index is 13.2. The van der Waals surface area contributed by atoms with Gasteiger partial charge in [-0.05, 0) is 37.0 Å². The molecule has 2 heterocycles. The fraction of sp³-hybridized carbons (Fsp3) is 0.600. The van der Waals surface area contributed by atoms with Gasteiger partial charge in [0.05, 0.1) is 13.1 Å². The first kappa shape index (κ1) is 19.8. The molecule has 0 radical (unpaired) electrons. The summed E-state index contributed by atoms with van der Waals surface area (Å²) in [6, 6.07) is 5.90. The number of benzene rings is 1. The van der Waals surface area contributed by atoms with Gasteiger partial charge in [-0.1, -0.05) is 13.0 Å². The number of piperidine rings is 1. The van der Waals surface area contributed by atoms with Crippen LogP contribution in [0.4, 0.5) is 10.1 Å². The van der Waals surface area contributed by atoms with E-state index in [1.807, 2.05) is 4.90 Å². The predicted octanol–water partition coefficient (Wildman–Crippen LogP) is 1.64. The summed E-state index contributed by atoms with van der Waals surface area (Å²) in [4.78, 5) is 30.8. The van der Waals surface area contributed by atoms with Crippen molar-refractivity contribution in [1.29, 1.82) is 0 Å². The van der Waals surface area contributed by atoms with Crippen molar-refractivity contribution in [2.24, 2.45) is 5.92 Å². The highest BCUT2D eigenvalue weighted by Gasteiger charge is 2.24. The van der Waals surface area contributed by atoms with E-state index in [0.717, 1.165) is 58.0 Å². The standard InChI is InChI=1S/C20H29FN4O2/c1-16-5-7-25(8-6-16)20(27)15-24-11-9-23(10-12-24)14-19(26)22-18-4-2-3-17(21)13-18/h2-4,13,16H,5-12,14-15H2,1H3,(H,22,26). The van der Waals surface area contributed by atoms with Crippen LogP contribution < -0.4 is 5.32 Å². The monoisotopic (exact) mass is 376 g/mol. The number of carbonyl (C=O) groups is 2. The average molecular weight is 376 g/mol. The molecule has 0 saturated carbocycles. The molecule has 0 bridgehead atoms. The van der Waals surface area contributed by atoms with Crippen molar-refractivity contribution in [2.45, 2.75) is 19.8 Å². The molecule has 0 atom stereocenters. The lowest BCUT2D eigenvalue weighted by Gasteiger charge is -2.36. The first-order chi connectivity index (χ1) is 13.0. The maximum Gasteiger partial charge on any atom is 0.238 e. The second kappa shape index (κ2) is 9.28. The highest BCUT2D eigenvalue weighted by Crippen LogP contribution is 2.16. The van der Waals surface area contributed by atoms with Crippen LogP contribution in [-0.2, 0) is 9.59 Å². The van der Waals surface area contributed by atoms with Crippen LogP contribution in [0.2, 0.25) is 0 Å². The molecule has 0 aliphatic carbocycles. The molecule has 0 aromatic heterocycles. The SMILES string of the molecule is CC1CCN(C(=O)CN2CCN(CC(=O)Nc3cccc(F)c3)CC2)CC1. The number of halogens is 1. The highest BCUT2D eigenvalue weighted by atomic mass is 19.1. The van der Waals surface area contributed by atoms with Gasteiger partial charge in [0.1, 0.15) is 5.82 Å². The molecule has 27 heavy (non-hydrogen) atoms. The molecule has 2 aliphatic rings. The van der Waals surface area contributed by atoms with Gasteiger partial charge in [-0.15, -0.1) is 0 Å². The molecule has 1 N–H and O–H groups in total. The minimum Gasteiger partial charge on any atom is -0.342 e. The third kappa shape index (κ3) is 6.01. The van der Waals surface area contributed by atoms with E-state index in [1.165, 1.54) is 12.1 Å². The molecule has 6 nitrogen and oxygen atoms in total. The van der Waals surface area contributed by atoms with E-state index in [-0.39, 0.29) is 24.2 Å². The highest BCUT2D eigenvalue weighted by molar-refractivity contribution is 5.92. The summed E-state index contributed by atoms with van der Waals surface area (Å²) in [6.45, 7) is 7.81. The van der Waals surface area contributed by atoms with Crippen molar-refractivity contribution in [3.63, 3.8) is 0 Å². The van der Waals surface area contributed by atoms with Crippen molar-refractivity contribution in [2.75, 3.05) is 57.7 Å². The van der Waals surface area contributed by atoms with Crippen LogP contribution in [0.15, 0.2) is 24.3 Å². The van der Waals surface area contributed by atoms with Gasteiger partial charge in [-0.25, -0.2) is 4.39 Å². The molecule has 2 aliphatic heterocycles. The Morgan fingerprint density at radius 1 is 1.04 bits per heavy atom. The zero-order chi connectivity index (χ0) is 19.2. The second-order valence-electron chi connectivity index (χ2n) is 7.67. The number of nitrogens with zero attached hydrogens (tertiary/aromatic N) is 3. The summed E-state index contributed by atoms with van der Waals surface area (Å²) in [5, 5.41) is 2.73. The number of anilines is 1. The molecular formula is C20H29FN4O2. The van der Waals surface area contributed by atoms with E-state index < -0.39 is 0 Å². The van der Waals surface area contributed by atoms with Crippen LogP contribution in [-0.4, -0.2) is 78.9 Å². The molecule has 1 aromatic carbocycles. The van der Waals surface area contributed by atoms with E-state index in [0.29, 0.717) is 12.2 Å². The number of rotatable bonds is 5. The Labute approximate surface area is 160 Å². The Balaban J connectivity index is 1.37. The van der Waals surface area contributed by atoms with E-state index in [2.05, 4.69) is 22.0 Å². The molecule has 2 fully saturated rings. The number of nitrogens with one attached hydrogen (secondary N) is 1. The van der Waals surface area contributed by atoms with E-state index >= 15 is 0 Å². The molecule has 1 aromatic rings. The first-order valence-corrected chi connectivity index (χ1v) is 9.77. The van der Waals surface area contributed by atoms with Crippen LogP contribution in [0, 0.1) is 11.7 Å². The summed E-state index contributed by atoms with van der Waals surface area (Å²) in [5.74, 6) is 0.428. The minimum absolute atomic E-state index is 0.146. The predicted molar refractivity (Wildman–Crippen MR) is 103 cm³/mol. The van der Waals surface area contributed by atoms with Crippen LogP contribution in [0.5, 0.6) is 0 Å². The summed E-state index contributed by atoms with van der Waals surface area (Å²) in [6.07, 6.45) is 2.19. The lowest BCUT2D eigenvalue weighted by Crippen LogP contribution is -2.52. The molecular weight excluding hydrogens is 347 g/mol. The maximum atomic E-state index is 13.2. The number of hydrogen-bond acceptors (Lipinski definition) is 4. The normalized spacial score (nSPS) is 19.9. The fourth-order valence-electron chi connectivity index (χ4n) is 3.62. The number of amides is 2. The minimum atomic E-state index is -0.366. The Morgan fingerprint density at radius 2 is 1.67 bits per heavy atom. The van der Waals surface area contributed by atoms with Crippen molar-refractivity contribution >= 4 is 17.5 Å². The van der Waals surface area contributed by atoms with Gasteiger partial charge in [-0.3, -0.25) is 19.4 Å². The van der Waals surface area contributed by atoms with Gasteiger partial charge in [0.15, 0.2) is 0 Å². The third-order valence-corrected chi connectivity index (χ3v) is 5.44. The summed E-state index contributed by atoms with van der Waals surface area (Å²) < 4.78 is 13.2. The van der Waals surface area contributed by atoms with Gasteiger partial charge in [0.25, 0.3) is 0 Å². The Bertz CT molecular complexity index is 653. The van der Waals surface area contributed by atoms with Crippen molar-refractivity contribution in [1.82, 2.24) is 14.7 Å². The van der Waals surface area contributed by atoms with E-state index in [9.17, 15) is 14.0 Å². The lowest BCUT2D eigenvalue weighted by molar-refractivity contribution is -0.134. The molecule has 2 saturated heterocycles. The first-order valence-electron chi connectivity index (χ1n) is 9.77. The second-order valence-corrected chi connectivity index (χ2v) is 7.67. The van der Waals surface area contributed by atoms with Gasteiger partial charge in [-0.2, -0.15) is 0 Å². The number of likely N-dealkylation sites (tertiary alicyclic amines) is 1. The van der Waals surface area contributed by atoms with Crippen molar-refractivity contribution in [3.8, 4) is 0 Å². The summed E-state index contributed by atoms with van der Waals surface area (Å²) in [7, 11) is 0. The van der Waals surface area contributed by atoms with Crippen LogP contribution in [0.3, 0.4) is 0 Å². The van der Waals surface area contributed by atoms with Crippen LogP contribution in [0.25, 0.3) is 0 Å². The molecule has 0 spiro atoms. The Kier molecular flexibility index (Phi) is 6.79. The number of piperazine rings is 1. The Morgan fingerprint density at radius 3 is 2.30 bits per heavy atom. The largest absolute Gasteiger partial charge is 0.342 e. The van der Waals surface area contributed by atoms with Gasteiger partial charge >= 0.3 is 0 Å². The van der Waals surface area contributed by atoms with E-state index in [1.54, 1.807) is 12.1 Å². The van der Waals surface area contributed by atoms with Crippen molar-refractivity contribution < 1.29 is 14.0 Å². The quantitative estimate of drug-likeness (QED) is 0.849. The smallest absolute Gasteiger partial charge is 0.238 e. The lowest BCUT2D eigenvalue weighted by atomic mass is 9.99. The average Bonchev–Trinajstić information content (AvgIpc) is 2.64. The summed E-state index contributed by atoms with van der Waals surface area (Å²) >= 11 is 0. The topological polar surface area (TPSA) is 55.9 Å². The Hall–Kier alpha value is -1.99. The molecule has 3 rings (SSSR count). The molecule has 0 unspecified atom stereocenters. The van der Waals surface area contributed by atoms with Gasteiger partial charge in [0.2, 0.25) is 11.8 Å². The number of carbonyl (C=O) groups excluding carboxylic acids is 2. The van der Waals surface area contributed by atoms with Crippen molar-refractivity contribution in [3.05, 3.63) is 30.1 Å². The summed E-state index contributed by atoms with van der Waals surface area (Å²) in [5.41, 5.74) is 0.472. The molecule has 148 valence electrons. The van der Waals surface area contributed by atoms with Gasteiger partial charge < -0.3 is 10.2 Å². The van der Waals surface area contributed by atoms with E-state index in [4.69, 9.17) is 0 Å². The zero-order valence-electron chi connectivity index (χ0n) is 16.0.